The third-order valence-corrected chi connectivity index (χ3v) is 6.91. The third kappa shape index (κ3) is 5.99. The molecule has 3 heterocycles. The molecule has 2 amide bonds. The Labute approximate surface area is 228 Å². The molecule has 0 radical (unpaired) electrons. The van der Waals surface area contributed by atoms with Crippen LogP contribution in [0.4, 0.5) is 5.82 Å². The highest BCUT2D eigenvalue weighted by Crippen LogP contribution is 2.32. The number of hydrogen-bond donors (Lipinski definition) is 1. The van der Waals surface area contributed by atoms with Gasteiger partial charge < -0.3 is 14.5 Å². The van der Waals surface area contributed by atoms with E-state index in [2.05, 4.69) is 30.3 Å². The predicted octanol–water partition coefficient (Wildman–Crippen LogP) is 3.37. The van der Waals surface area contributed by atoms with Crippen molar-refractivity contribution in [1.82, 2.24) is 14.8 Å². The molecule has 1 fully saturated rings. The quantitative estimate of drug-likeness (QED) is 0.191. The summed E-state index contributed by atoms with van der Waals surface area (Å²) in [5.41, 5.74) is 2.41. The van der Waals surface area contributed by atoms with Gasteiger partial charge in [-0.15, -0.1) is 12.6 Å². The fourth-order valence-corrected chi connectivity index (χ4v) is 4.95. The number of amides is 2. The van der Waals surface area contributed by atoms with Gasteiger partial charge in [0.05, 0.1) is 18.1 Å². The summed E-state index contributed by atoms with van der Waals surface area (Å²) in [6.07, 6.45) is 15.8. The molecule has 0 unspecified atom stereocenters. The standard InChI is InChI=1S/C29H32N4O4S/c1-3-10-24(38)27(34)32-17-15-31(16-18-32)23-19-22-13-9-14-30-26(22)33(20-21-11-7-5-6-8-12-21)28(35)25(23)29(36)37-4-2/h3,5-7,9-14,38H,1,4,8,15-20H2,2H3/b24-10-. The first-order valence-electron chi connectivity index (χ1n) is 12.7. The van der Waals surface area contributed by atoms with E-state index in [0.717, 1.165) is 17.6 Å². The number of allylic oxidation sites excluding steroid dienone is 7. The van der Waals surface area contributed by atoms with Crippen molar-refractivity contribution in [3.8, 4) is 0 Å². The summed E-state index contributed by atoms with van der Waals surface area (Å²) < 4.78 is 5.38. The van der Waals surface area contributed by atoms with Crippen LogP contribution in [-0.2, 0) is 25.5 Å². The summed E-state index contributed by atoms with van der Waals surface area (Å²) in [6, 6.07) is 3.77. The van der Waals surface area contributed by atoms with Gasteiger partial charge in [-0.05, 0) is 31.1 Å². The Bertz CT molecular complexity index is 1270. The summed E-state index contributed by atoms with van der Waals surface area (Å²) in [7, 11) is 0. The normalized spacial score (nSPS) is 18.1. The minimum Gasteiger partial charge on any atom is -0.462 e. The number of carbonyl (C=O) groups is 3. The van der Waals surface area contributed by atoms with Crippen LogP contribution in [0.15, 0.2) is 89.2 Å². The molecule has 0 spiro atoms. The predicted molar refractivity (Wildman–Crippen MR) is 150 cm³/mol. The number of thiol groups is 1. The molecule has 3 aliphatic rings. The topological polar surface area (TPSA) is 83.1 Å². The van der Waals surface area contributed by atoms with Crippen LogP contribution in [0.25, 0.3) is 0 Å². The lowest BCUT2D eigenvalue weighted by Gasteiger charge is -2.37. The number of pyridine rings is 1. The Hall–Kier alpha value is -3.85. The SMILES string of the molecule is C=C/C=C(\S)C(=O)N1CCN(C2=C(C(=O)OCC)C(=O)N(CC3=CCC=CC=C3)c3ncccc3C2)CC1. The van der Waals surface area contributed by atoms with Crippen LogP contribution >= 0.6 is 12.6 Å². The van der Waals surface area contributed by atoms with Gasteiger partial charge in [-0.2, -0.15) is 0 Å². The molecular weight excluding hydrogens is 500 g/mol. The number of ether oxygens (including phenoxy) is 1. The monoisotopic (exact) mass is 532 g/mol. The molecule has 8 nitrogen and oxygen atoms in total. The smallest absolute Gasteiger partial charge is 0.345 e. The van der Waals surface area contributed by atoms with Crippen molar-refractivity contribution in [2.24, 2.45) is 0 Å². The first-order valence-corrected chi connectivity index (χ1v) is 13.1. The minimum atomic E-state index is -0.651. The summed E-state index contributed by atoms with van der Waals surface area (Å²) in [6.45, 7) is 7.54. The third-order valence-electron chi connectivity index (χ3n) is 6.57. The Balaban J connectivity index is 1.70. The maximum atomic E-state index is 14.1. The van der Waals surface area contributed by atoms with E-state index < -0.39 is 11.9 Å². The van der Waals surface area contributed by atoms with Gasteiger partial charge in [-0.1, -0.05) is 49.1 Å². The number of fused-ring (bicyclic) bond motifs is 1. The van der Waals surface area contributed by atoms with Crippen molar-refractivity contribution in [2.45, 2.75) is 19.8 Å². The van der Waals surface area contributed by atoms with E-state index in [9.17, 15) is 14.4 Å². The van der Waals surface area contributed by atoms with E-state index in [-0.39, 0.29) is 24.6 Å². The summed E-state index contributed by atoms with van der Waals surface area (Å²) in [4.78, 5) is 50.3. The van der Waals surface area contributed by atoms with Crippen LogP contribution in [0.3, 0.4) is 0 Å². The number of anilines is 1. The molecule has 1 saturated heterocycles. The maximum absolute atomic E-state index is 14.1. The molecule has 198 valence electrons. The molecule has 1 aromatic heterocycles. The van der Waals surface area contributed by atoms with E-state index in [0.29, 0.717) is 49.0 Å². The minimum absolute atomic E-state index is 0.0161. The van der Waals surface area contributed by atoms with E-state index in [1.807, 2.05) is 41.3 Å². The molecule has 0 saturated carbocycles. The second-order valence-corrected chi connectivity index (χ2v) is 9.45. The number of piperazine rings is 1. The number of aromatic nitrogens is 1. The Kier molecular flexibility index (Phi) is 9.02. The zero-order valence-corrected chi connectivity index (χ0v) is 22.4. The molecule has 38 heavy (non-hydrogen) atoms. The fraction of sp³-hybridized carbons (Fsp3) is 0.310. The van der Waals surface area contributed by atoms with Gasteiger partial charge in [0, 0.05) is 50.1 Å². The highest BCUT2D eigenvalue weighted by Gasteiger charge is 2.37. The van der Waals surface area contributed by atoms with E-state index in [1.165, 1.54) is 6.08 Å². The molecule has 2 aliphatic heterocycles. The molecule has 4 rings (SSSR count). The first kappa shape index (κ1) is 27.2. The number of nitrogens with zero attached hydrogens (tertiary/aromatic N) is 4. The lowest BCUT2D eigenvalue weighted by atomic mass is 10.1. The van der Waals surface area contributed by atoms with Crippen molar-refractivity contribution in [3.05, 3.63) is 94.8 Å². The maximum Gasteiger partial charge on any atom is 0.345 e. The van der Waals surface area contributed by atoms with Crippen LogP contribution < -0.4 is 4.90 Å². The molecular formula is C29H32N4O4S. The molecule has 1 aromatic rings. The first-order chi connectivity index (χ1) is 18.4. The summed E-state index contributed by atoms with van der Waals surface area (Å²) >= 11 is 4.28. The van der Waals surface area contributed by atoms with Crippen LogP contribution in [0.2, 0.25) is 0 Å². The van der Waals surface area contributed by atoms with Gasteiger partial charge in [0.15, 0.2) is 0 Å². The summed E-state index contributed by atoms with van der Waals surface area (Å²) in [5, 5.41) is 0. The van der Waals surface area contributed by atoms with Gasteiger partial charge in [-0.25, -0.2) is 9.78 Å². The molecule has 0 aromatic carbocycles. The molecule has 0 N–H and O–H groups in total. The Morgan fingerprint density at radius 2 is 2.00 bits per heavy atom. The van der Waals surface area contributed by atoms with Crippen LogP contribution in [0.5, 0.6) is 0 Å². The van der Waals surface area contributed by atoms with E-state index >= 15 is 0 Å². The average Bonchev–Trinajstić information content (AvgIpc) is 3.26. The van der Waals surface area contributed by atoms with Crippen LogP contribution in [-0.4, -0.2) is 71.9 Å². The highest BCUT2D eigenvalue weighted by atomic mass is 32.1. The number of rotatable bonds is 7. The van der Waals surface area contributed by atoms with Gasteiger partial charge in [-0.3, -0.25) is 14.5 Å². The van der Waals surface area contributed by atoms with E-state index in [4.69, 9.17) is 4.74 Å². The molecule has 1 aliphatic carbocycles. The van der Waals surface area contributed by atoms with Crippen molar-refractivity contribution in [2.75, 3.05) is 44.2 Å². The van der Waals surface area contributed by atoms with Crippen LogP contribution in [0.1, 0.15) is 18.9 Å². The molecule has 9 heteroatoms. The van der Waals surface area contributed by atoms with Crippen LogP contribution in [0, 0.1) is 0 Å². The van der Waals surface area contributed by atoms with Crippen molar-refractivity contribution < 1.29 is 19.1 Å². The zero-order valence-electron chi connectivity index (χ0n) is 21.5. The molecule has 0 atom stereocenters. The number of carbonyl (C=O) groups excluding carboxylic acids is 3. The van der Waals surface area contributed by atoms with Crippen molar-refractivity contribution in [1.29, 1.82) is 0 Å². The number of esters is 1. The second kappa shape index (κ2) is 12.6. The lowest BCUT2D eigenvalue weighted by Crippen LogP contribution is -2.49. The Morgan fingerprint density at radius 3 is 2.74 bits per heavy atom. The van der Waals surface area contributed by atoms with Crippen molar-refractivity contribution in [3.63, 3.8) is 0 Å². The average molecular weight is 533 g/mol. The van der Waals surface area contributed by atoms with Gasteiger partial charge in [0.2, 0.25) is 0 Å². The summed E-state index contributed by atoms with van der Waals surface area (Å²) in [5.74, 6) is -0.733. The Morgan fingerprint density at radius 1 is 1.21 bits per heavy atom. The van der Waals surface area contributed by atoms with Crippen molar-refractivity contribution >= 4 is 36.2 Å². The van der Waals surface area contributed by atoms with Gasteiger partial charge >= 0.3 is 5.97 Å². The van der Waals surface area contributed by atoms with Gasteiger partial charge in [0.1, 0.15) is 11.4 Å². The second-order valence-electron chi connectivity index (χ2n) is 8.97. The fourth-order valence-electron chi connectivity index (χ4n) is 4.71. The van der Waals surface area contributed by atoms with Gasteiger partial charge in [0.25, 0.3) is 11.8 Å². The zero-order chi connectivity index (χ0) is 27.1. The number of hydrogen-bond acceptors (Lipinski definition) is 7. The highest BCUT2D eigenvalue weighted by molar-refractivity contribution is 7.85. The molecule has 0 bridgehead atoms. The lowest BCUT2D eigenvalue weighted by molar-refractivity contribution is -0.140. The van der Waals surface area contributed by atoms with E-state index in [1.54, 1.807) is 29.0 Å². The largest absolute Gasteiger partial charge is 0.462 e.